The van der Waals surface area contributed by atoms with Crippen molar-refractivity contribution in [2.45, 2.75) is 18.1 Å². The lowest BCUT2D eigenvalue weighted by molar-refractivity contribution is -0.139. The monoisotopic (exact) mass is 379 g/mol. The zero-order chi connectivity index (χ0) is 15.5. The van der Waals surface area contributed by atoms with Gasteiger partial charge in [0.25, 0.3) is 0 Å². The van der Waals surface area contributed by atoms with Gasteiger partial charge in [-0.05, 0) is 23.8 Å². The van der Waals surface area contributed by atoms with Crippen LogP contribution in [-0.4, -0.2) is 4.98 Å². The molecule has 7 heteroatoms. The van der Waals surface area contributed by atoms with Crippen LogP contribution >= 0.6 is 27.5 Å². The number of ether oxygens (including phenoxy) is 1. The summed E-state index contributed by atoms with van der Waals surface area (Å²) in [6.45, 7) is -0.0574. The number of halogens is 5. The van der Waals surface area contributed by atoms with Crippen LogP contribution in [0, 0.1) is 0 Å². The molecule has 112 valence electrons. The second-order valence-corrected chi connectivity index (χ2v) is 5.19. The average molecular weight is 381 g/mol. The fraction of sp³-hybridized carbons (Fsp3) is 0.214. The summed E-state index contributed by atoms with van der Waals surface area (Å²) >= 11 is 9.03. The van der Waals surface area contributed by atoms with Crippen molar-refractivity contribution in [3.63, 3.8) is 0 Å². The molecule has 0 radical (unpaired) electrons. The summed E-state index contributed by atoms with van der Waals surface area (Å²) in [7, 11) is 0. The quantitative estimate of drug-likeness (QED) is 0.678. The summed E-state index contributed by atoms with van der Waals surface area (Å²) in [5.41, 5.74) is 0.297. The molecule has 0 aliphatic carbocycles. The molecule has 1 aromatic heterocycles. The van der Waals surface area contributed by atoms with Gasteiger partial charge in [0.1, 0.15) is 12.4 Å². The molecule has 2 aromatic rings. The molecule has 0 saturated heterocycles. The van der Waals surface area contributed by atoms with E-state index < -0.39 is 11.7 Å². The molecule has 21 heavy (non-hydrogen) atoms. The van der Waals surface area contributed by atoms with Crippen molar-refractivity contribution in [2.24, 2.45) is 0 Å². The first-order chi connectivity index (χ1) is 9.91. The van der Waals surface area contributed by atoms with Gasteiger partial charge < -0.3 is 4.74 Å². The van der Waals surface area contributed by atoms with Crippen LogP contribution in [0.5, 0.6) is 5.75 Å². The van der Waals surface area contributed by atoms with Crippen molar-refractivity contribution < 1.29 is 17.9 Å². The van der Waals surface area contributed by atoms with Crippen molar-refractivity contribution >= 4 is 27.5 Å². The highest BCUT2D eigenvalue weighted by molar-refractivity contribution is 9.08. The SMILES string of the molecule is FC(F)(F)c1cc(CBr)ccc1OCc1ccncc1Cl. The Morgan fingerprint density at radius 1 is 1.24 bits per heavy atom. The summed E-state index contributed by atoms with van der Waals surface area (Å²) < 4.78 is 44.4. The number of nitrogens with zero attached hydrogens (tertiary/aromatic N) is 1. The predicted octanol–water partition coefficient (Wildman–Crippen LogP) is 5.23. The molecule has 0 atom stereocenters. The summed E-state index contributed by atoms with van der Waals surface area (Å²) in [5, 5.41) is 0.690. The van der Waals surface area contributed by atoms with Crippen LogP contribution in [0.15, 0.2) is 36.7 Å². The van der Waals surface area contributed by atoms with Gasteiger partial charge in [-0.25, -0.2) is 0 Å². The van der Waals surface area contributed by atoms with Gasteiger partial charge in [0.2, 0.25) is 0 Å². The largest absolute Gasteiger partial charge is 0.488 e. The zero-order valence-electron chi connectivity index (χ0n) is 10.6. The molecule has 0 spiro atoms. The summed E-state index contributed by atoms with van der Waals surface area (Å²) in [5.74, 6) is -0.222. The van der Waals surface area contributed by atoms with Crippen LogP contribution in [0.4, 0.5) is 13.2 Å². The van der Waals surface area contributed by atoms with E-state index in [1.54, 1.807) is 12.1 Å². The molecule has 0 saturated carbocycles. The Morgan fingerprint density at radius 3 is 2.62 bits per heavy atom. The third kappa shape index (κ3) is 4.11. The molecule has 0 bridgehead atoms. The van der Waals surface area contributed by atoms with Gasteiger partial charge in [0, 0.05) is 23.3 Å². The fourth-order valence-electron chi connectivity index (χ4n) is 1.68. The maximum Gasteiger partial charge on any atom is 0.419 e. The topological polar surface area (TPSA) is 22.1 Å². The Morgan fingerprint density at radius 2 is 2.00 bits per heavy atom. The molecular formula is C14H10BrClF3NO. The maximum atomic E-state index is 13.0. The van der Waals surface area contributed by atoms with Gasteiger partial charge in [0.15, 0.2) is 0 Å². The number of rotatable bonds is 4. The van der Waals surface area contributed by atoms with Gasteiger partial charge in [-0.1, -0.05) is 33.6 Å². The average Bonchev–Trinajstić information content (AvgIpc) is 2.45. The molecule has 0 aliphatic rings. The van der Waals surface area contributed by atoms with Gasteiger partial charge in [-0.3, -0.25) is 4.98 Å². The van der Waals surface area contributed by atoms with E-state index in [1.807, 2.05) is 0 Å². The molecule has 0 unspecified atom stereocenters. The van der Waals surface area contributed by atoms with Crippen molar-refractivity contribution in [3.05, 3.63) is 58.4 Å². The van der Waals surface area contributed by atoms with E-state index >= 15 is 0 Å². The van der Waals surface area contributed by atoms with E-state index in [0.717, 1.165) is 6.07 Å². The highest BCUT2D eigenvalue weighted by Crippen LogP contribution is 2.37. The standard InChI is InChI=1S/C14H10BrClF3NO/c15-6-9-1-2-13(11(5-9)14(17,18)19)21-8-10-3-4-20-7-12(10)16/h1-5,7H,6,8H2. The Kier molecular flexibility index (Phi) is 5.11. The van der Waals surface area contributed by atoms with Gasteiger partial charge in [0.05, 0.1) is 10.6 Å². The highest BCUT2D eigenvalue weighted by atomic mass is 79.9. The number of hydrogen-bond acceptors (Lipinski definition) is 2. The first-order valence-corrected chi connectivity index (χ1v) is 7.39. The van der Waals surface area contributed by atoms with E-state index in [0.29, 0.717) is 21.5 Å². The smallest absolute Gasteiger partial charge is 0.419 e. The van der Waals surface area contributed by atoms with Crippen LogP contribution in [-0.2, 0) is 18.1 Å². The van der Waals surface area contributed by atoms with E-state index in [9.17, 15) is 13.2 Å². The second kappa shape index (κ2) is 6.66. The van der Waals surface area contributed by atoms with Crippen molar-refractivity contribution in [1.29, 1.82) is 0 Å². The molecule has 2 nitrogen and oxygen atoms in total. The van der Waals surface area contributed by atoms with Gasteiger partial charge >= 0.3 is 6.18 Å². The van der Waals surface area contributed by atoms with Gasteiger partial charge in [-0.2, -0.15) is 13.2 Å². The maximum absolute atomic E-state index is 13.0. The molecule has 1 heterocycles. The molecule has 1 aromatic carbocycles. The van der Waals surface area contributed by atoms with E-state index in [-0.39, 0.29) is 12.4 Å². The second-order valence-electron chi connectivity index (χ2n) is 4.22. The van der Waals surface area contributed by atoms with E-state index in [1.165, 1.54) is 18.5 Å². The summed E-state index contributed by atoms with van der Waals surface area (Å²) in [4.78, 5) is 3.81. The van der Waals surface area contributed by atoms with E-state index in [4.69, 9.17) is 16.3 Å². The first kappa shape index (κ1) is 16.1. The van der Waals surface area contributed by atoms with E-state index in [2.05, 4.69) is 20.9 Å². The predicted molar refractivity (Wildman–Crippen MR) is 77.7 cm³/mol. The Bertz CT molecular complexity index is 634. The van der Waals surface area contributed by atoms with Crippen molar-refractivity contribution in [2.75, 3.05) is 0 Å². The number of alkyl halides is 4. The minimum atomic E-state index is -4.48. The van der Waals surface area contributed by atoms with Crippen LogP contribution in [0.2, 0.25) is 5.02 Å². The lowest BCUT2D eigenvalue weighted by Gasteiger charge is -2.15. The normalized spacial score (nSPS) is 11.5. The third-order valence-corrected chi connectivity index (χ3v) is 3.73. The number of hydrogen-bond donors (Lipinski definition) is 0. The Labute approximate surface area is 133 Å². The van der Waals surface area contributed by atoms with Crippen molar-refractivity contribution in [3.8, 4) is 5.75 Å². The summed E-state index contributed by atoms with van der Waals surface area (Å²) in [6, 6.07) is 5.56. The summed E-state index contributed by atoms with van der Waals surface area (Å²) in [6.07, 6.45) is -1.56. The molecule has 0 amide bonds. The van der Waals surface area contributed by atoms with Crippen LogP contribution in [0.1, 0.15) is 16.7 Å². The lowest BCUT2D eigenvalue weighted by Crippen LogP contribution is -2.09. The molecule has 0 N–H and O–H groups in total. The molecule has 0 aliphatic heterocycles. The van der Waals surface area contributed by atoms with Gasteiger partial charge in [-0.15, -0.1) is 0 Å². The molecular weight excluding hydrogens is 371 g/mol. The minimum Gasteiger partial charge on any atom is -0.488 e. The van der Waals surface area contributed by atoms with Crippen LogP contribution < -0.4 is 4.74 Å². The van der Waals surface area contributed by atoms with Crippen LogP contribution in [0.3, 0.4) is 0 Å². The number of benzene rings is 1. The molecule has 0 fully saturated rings. The Hall–Kier alpha value is -1.27. The highest BCUT2D eigenvalue weighted by Gasteiger charge is 2.34. The van der Waals surface area contributed by atoms with Crippen LogP contribution in [0.25, 0.3) is 0 Å². The Balaban J connectivity index is 2.26. The zero-order valence-corrected chi connectivity index (χ0v) is 13.0. The van der Waals surface area contributed by atoms with Crippen molar-refractivity contribution in [1.82, 2.24) is 4.98 Å². The first-order valence-electron chi connectivity index (χ1n) is 5.89. The number of pyridine rings is 1. The lowest BCUT2D eigenvalue weighted by atomic mass is 10.1. The minimum absolute atomic E-state index is 0.0574. The number of aromatic nitrogens is 1. The third-order valence-electron chi connectivity index (χ3n) is 2.74. The fourth-order valence-corrected chi connectivity index (χ4v) is 2.21. The molecule has 2 rings (SSSR count).